The number of hydrogen-bond acceptors (Lipinski definition) is 4. The van der Waals surface area contributed by atoms with Crippen molar-refractivity contribution in [3.8, 4) is 0 Å². The van der Waals surface area contributed by atoms with Gasteiger partial charge in [-0.2, -0.15) is 5.10 Å². The van der Waals surface area contributed by atoms with Crippen LogP contribution >= 0.6 is 0 Å². The first kappa shape index (κ1) is 14.9. The maximum Gasteiger partial charge on any atom is 0.323 e. The maximum absolute atomic E-state index is 12.1. The molecular weight excluding hydrogens is 250 g/mol. The van der Waals surface area contributed by atoms with Crippen LogP contribution in [0, 0.1) is 0 Å². The van der Waals surface area contributed by atoms with Crippen LogP contribution in [0.5, 0.6) is 0 Å². The summed E-state index contributed by atoms with van der Waals surface area (Å²) in [5.74, 6) is -1.58. The molecule has 1 rings (SSSR count). The van der Waals surface area contributed by atoms with Crippen LogP contribution in [0.4, 0.5) is 0 Å². The summed E-state index contributed by atoms with van der Waals surface area (Å²) in [5, 5.41) is 12.7. The zero-order valence-electron chi connectivity index (χ0n) is 11.0. The molecule has 0 aromatic carbocycles. The minimum Gasteiger partial charge on any atom is -0.480 e. The molecule has 0 aliphatic heterocycles. The topological polar surface area (TPSA) is 92.5 Å². The van der Waals surface area contributed by atoms with Gasteiger partial charge in [-0.15, -0.1) is 0 Å². The van der Waals surface area contributed by atoms with Crippen molar-refractivity contribution in [3.05, 3.63) is 28.2 Å². The monoisotopic (exact) mass is 267 g/mol. The van der Waals surface area contributed by atoms with Gasteiger partial charge in [0.05, 0.1) is 0 Å². The SMILES string of the molecule is CCCn1nc(C(=O)N(CC)CC(=O)O)ccc1=O. The summed E-state index contributed by atoms with van der Waals surface area (Å²) >= 11 is 0. The number of aryl methyl sites for hydroxylation is 1. The molecule has 1 N–H and O–H groups in total. The fourth-order valence-electron chi connectivity index (χ4n) is 1.59. The average Bonchev–Trinajstić information content (AvgIpc) is 2.37. The Labute approximate surface area is 110 Å². The quantitative estimate of drug-likeness (QED) is 0.794. The Morgan fingerprint density at radius 1 is 1.37 bits per heavy atom. The predicted octanol–water partition coefficient (Wildman–Crippen LogP) is 0.200. The molecule has 0 saturated heterocycles. The second kappa shape index (κ2) is 6.67. The Bertz CT molecular complexity index is 524. The number of rotatable bonds is 6. The minimum atomic E-state index is -1.09. The summed E-state index contributed by atoms with van der Waals surface area (Å²) in [7, 11) is 0. The first-order chi connectivity index (χ1) is 8.99. The van der Waals surface area contributed by atoms with Gasteiger partial charge < -0.3 is 10.0 Å². The van der Waals surface area contributed by atoms with Crippen molar-refractivity contribution in [2.45, 2.75) is 26.8 Å². The van der Waals surface area contributed by atoms with Gasteiger partial charge in [0, 0.05) is 19.2 Å². The van der Waals surface area contributed by atoms with Crippen LogP contribution in [0.25, 0.3) is 0 Å². The minimum absolute atomic E-state index is 0.0798. The van der Waals surface area contributed by atoms with Crippen molar-refractivity contribution in [1.29, 1.82) is 0 Å². The molecule has 0 aliphatic carbocycles. The molecule has 0 fully saturated rings. The number of carbonyl (C=O) groups excluding carboxylic acids is 1. The Balaban J connectivity index is 3.01. The molecule has 0 spiro atoms. The Kier molecular flexibility index (Phi) is 5.23. The summed E-state index contributed by atoms with van der Waals surface area (Å²) in [6.45, 7) is 3.88. The number of carboxylic acid groups (broad SMARTS) is 1. The van der Waals surface area contributed by atoms with E-state index in [2.05, 4.69) is 5.10 Å². The highest BCUT2D eigenvalue weighted by molar-refractivity contribution is 5.93. The van der Waals surface area contributed by atoms with Gasteiger partial charge >= 0.3 is 5.97 Å². The van der Waals surface area contributed by atoms with Gasteiger partial charge in [-0.05, 0) is 19.4 Å². The van der Waals surface area contributed by atoms with Crippen LogP contribution in [-0.4, -0.2) is 44.8 Å². The standard InChI is InChI=1S/C12H17N3O4/c1-3-7-15-10(16)6-5-9(13-15)12(19)14(4-2)8-11(17)18/h5-6H,3-4,7-8H2,1-2H3,(H,17,18). The van der Waals surface area contributed by atoms with Crippen molar-refractivity contribution >= 4 is 11.9 Å². The summed E-state index contributed by atoms with van der Waals surface area (Å²) in [6.07, 6.45) is 0.719. The van der Waals surface area contributed by atoms with Crippen molar-refractivity contribution in [2.75, 3.05) is 13.1 Å². The largest absolute Gasteiger partial charge is 0.480 e. The third-order valence-corrected chi connectivity index (χ3v) is 2.52. The number of aromatic nitrogens is 2. The van der Waals surface area contributed by atoms with Crippen LogP contribution in [0.1, 0.15) is 30.8 Å². The molecule has 1 aromatic heterocycles. The van der Waals surface area contributed by atoms with Crippen molar-refractivity contribution < 1.29 is 14.7 Å². The van der Waals surface area contributed by atoms with E-state index in [4.69, 9.17) is 5.11 Å². The van der Waals surface area contributed by atoms with Crippen LogP contribution in [0.3, 0.4) is 0 Å². The first-order valence-corrected chi connectivity index (χ1v) is 6.08. The molecule has 0 radical (unpaired) electrons. The lowest BCUT2D eigenvalue weighted by atomic mass is 10.3. The summed E-state index contributed by atoms with van der Waals surface area (Å²) in [6, 6.07) is 2.59. The van der Waals surface area contributed by atoms with Crippen LogP contribution < -0.4 is 5.56 Å². The fraction of sp³-hybridized carbons (Fsp3) is 0.500. The van der Waals surface area contributed by atoms with Crippen LogP contribution in [0.15, 0.2) is 16.9 Å². The first-order valence-electron chi connectivity index (χ1n) is 6.08. The van der Waals surface area contributed by atoms with E-state index in [1.807, 2.05) is 6.92 Å². The summed E-state index contributed by atoms with van der Waals surface area (Å²) in [4.78, 5) is 35.4. The Morgan fingerprint density at radius 2 is 2.05 bits per heavy atom. The van der Waals surface area contributed by atoms with E-state index in [-0.39, 0.29) is 24.3 Å². The summed E-state index contributed by atoms with van der Waals surface area (Å²) in [5.41, 5.74) is -0.198. The number of carboxylic acids is 1. The molecule has 0 unspecified atom stereocenters. The Hall–Kier alpha value is -2.18. The van der Waals surface area contributed by atoms with Gasteiger partial charge in [0.1, 0.15) is 12.2 Å². The number of carbonyl (C=O) groups is 2. The van der Waals surface area contributed by atoms with Crippen molar-refractivity contribution in [2.24, 2.45) is 0 Å². The molecule has 0 bridgehead atoms. The number of aliphatic carboxylic acids is 1. The number of nitrogens with zero attached hydrogens (tertiary/aromatic N) is 3. The molecule has 0 aliphatic rings. The normalized spacial score (nSPS) is 10.2. The lowest BCUT2D eigenvalue weighted by Crippen LogP contribution is -2.37. The molecule has 19 heavy (non-hydrogen) atoms. The molecule has 1 heterocycles. The zero-order chi connectivity index (χ0) is 14.4. The third-order valence-electron chi connectivity index (χ3n) is 2.52. The lowest BCUT2D eigenvalue weighted by molar-refractivity contribution is -0.137. The van der Waals surface area contributed by atoms with Gasteiger partial charge in [-0.3, -0.25) is 14.4 Å². The fourth-order valence-corrected chi connectivity index (χ4v) is 1.59. The van der Waals surface area contributed by atoms with E-state index < -0.39 is 11.9 Å². The number of amides is 1. The Morgan fingerprint density at radius 3 is 2.58 bits per heavy atom. The van der Waals surface area contributed by atoms with Crippen LogP contribution in [0.2, 0.25) is 0 Å². The molecule has 0 atom stereocenters. The van der Waals surface area contributed by atoms with Crippen molar-refractivity contribution in [3.63, 3.8) is 0 Å². The molecule has 104 valence electrons. The number of likely N-dealkylation sites (N-methyl/N-ethyl adjacent to an activating group) is 1. The molecule has 1 aromatic rings. The van der Waals surface area contributed by atoms with E-state index in [0.717, 1.165) is 11.3 Å². The van der Waals surface area contributed by atoms with Gasteiger partial charge in [-0.25, -0.2) is 4.68 Å². The van der Waals surface area contributed by atoms with E-state index in [1.165, 1.54) is 16.8 Å². The van der Waals surface area contributed by atoms with Gasteiger partial charge in [-0.1, -0.05) is 6.92 Å². The van der Waals surface area contributed by atoms with E-state index in [0.29, 0.717) is 6.54 Å². The molecule has 7 nitrogen and oxygen atoms in total. The third kappa shape index (κ3) is 3.90. The second-order valence-corrected chi connectivity index (χ2v) is 3.99. The van der Waals surface area contributed by atoms with Crippen molar-refractivity contribution in [1.82, 2.24) is 14.7 Å². The van der Waals surface area contributed by atoms with E-state index >= 15 is 0 Å². The predicted molar refractivity (Wildman–Crippen MR) is 68.0 cm³/mol. The highest BCUT2D eigenvalue weighted by Crippen LogP contribution is 2.00. The highest BCUT2D eigenvalue weighted by atomic mass is 16.4. The van der Waals surface area contributed by atoms with E-state index in [1.54, 1.807) is 6.92 Å². The highest BCUT2D eigenvalue weighted by Gasteiger charge is 2.18. The van der Waals surface area contributed by atoms with Gasteiger partial charge in [0.25, 0.3) is 11.5 Å². The van der Waals surface area contributed by atoms with E-state index in [9.17, 15) is 14.4 Å². The van der Waals surface area contributed by atoms with Gasteiger partial charge in [0.15, 0.2) is 0 Å². The molecule has 1 amide bonds. The molecular formula is C12H17N3O4. The molecule has 7 heteroatoms. The number of hydrogen-bond donors (Lipinski definition) is 1. The smallest absolute Gasteiger partial charge is 0.323 e. The maximum atomic E-state index is 12.1. The zero-order valence-corrected chi connectivity index (χ0v) is 11.0. The lowest BCUT2D eigenvalue weighted by Gasteiger charge is -2.18. The molecule has 0 saturated carbocycles. The van der Waals surface area contributed by atoms with Crippen LogP contribution in [-0.2, 0) is 11.3 Å². The second-order valence-electron chi connectivity index (χ2n) is 3.99. The average molecular weight is 267 g/mol. The summed E-state index contributed by atoms with van der Waals surface area (Å²) < 4.78 is 1.21. The van der Waals surface area contributed by atoms with Gasteiger partial charge in [0.2, 0.25) is 0 Å².